The van der Waals surface area contributed by atoms with E-state index in [0.29, 0.717) is 0 Å². The average Bonchev–Trinajstić information content (AvgIpc) is 2.66. The normalized spacial score (nSPS) is 18.6. The number of fused-ring (bicyclic) bond motifs is 1. The number of aromatic amines is 1. The van der Waals surface area contributed by atoms with E-state index < -0.39 is 0 Å². The van der Waals surface area contributed by atoms with E-state index in [4.69, 9.17) is 0 Å². The Hall–Kier alpha value is -0.770. The van der Waals surface area contributed by atoms with Crippen LogP contribution in [0.25, 0.3) is 11.0 Å². The zero-order chi connectivity index (χ0) is 12.7. The first-order valence-electron chi connectivity index (χ1n) is 6.08. The first kappa shape index (κ1) is 12.3. The van der Waals surface area contributed by atoms with E-state index in [1.165, 1.54) is 0 Å². The summed E-state index contributed by atoms with van der Waals surface area (Å²) in [4.78, 5) is 15.9. The first-order chi connectivity index (χ1) is 8.65. The second-order valence-corrected chi connectivity index (χ2v) is 6.02. The van der Waals surface area contributed by atoms with Crippen LogP contribution in [0.3, 0.4) is 0 Å². The first-order valence-corrected chi connectivity index (χ1v) is 7.04. The highest BCUT2D eigenvalue weighted by Gasteiger charge is 2.21. The van der Waals surface area contributed by atoms with Gasteiger partial charge in [-0.3, -0.25) is 9.24 Å². The molecule has 3 rings (SSSR count). The summed E-state index contributed by atoms with van der Waals surface area (Å²) >= 11 is 4.35. The number of hydrogen-bond donors (Lipinski definition) is 2. The number of imidazole rings is 1. The third-order valence-electron chi connectivity index (χ3n) is 3.57. The molecule has 1 aromatic heterocycles. The van der Waals surface area contributed by atoms with E-state index in [2.05, 4.69) is 31.7 Å². The molecule has 0 spiro atoms. The smallest absolute Gasteiger partial charge is 0.306 e. The van der Waals surface area contributed by atoms with Crippen LogP contribution in [0.4, 0.5) is 0 Å². The molecule has 1 unspecified atom stereocenters. The van der Waals surface area contributed by atoms with Crippen molar-refractivity contribution in [1.29, 1.82) is 0 Å². The molecule has 2 aromatic rings. The molecule has 1 aliphatic heterocycles. The van der Waals surface area contributed by atoms with Gasteiger partial charge in [0.25, 0.3) is 0 Å². The fourth-order valence-electron chi connectivity index (χ4n) is 2.62. The van der Waals surface area contributed by atoms with Gasteiger partial charge in [0.15, 0.2) is 0 Å². The van der Waals surface area contributed by atoms with Crippen molar-refractivity contribution < 1.29 is 0 Å². The fourth-order valence-corrected chi connectivity index (χ4v) is 3.11. The summed E-state index contributed by atoms with van der Waals surface area (Å²) in [5, 5.41) is 0. The molecule has 18 heavy (non-hydrogen) atoms. The van der Waals surface area contributed by atoms with Crippen LogP contribution >= 0.6 is 22.0 Å². The second kappa shape index (κ2) is 4.72. The number of benzene rings is 1. The maximum absolute atomic E-state index is 12.1. The zero-order valence-corrected chi connectivity index (χ0v) is 12.0. The molecule has 1 aromatic carbocycles. The Labute approximate surface area is 113 Å². The molecule has 4 nitrogen and oxygen atoms in total. The number of nitrogens with zero attached hydrogens (tertiary/aromatic N) is 2. The Balaban J connectivity index is 2.08. The minimum Gasteiger partial charge on any atom is -0.306 e. The number of rotatable bonds is 1. The lowest BCUT2D eigenvalue weighted by Crippen LogP contribution is -2.32. The lowest BCUT2D eigenvalue weighted by atomic mass is 10.1. The molecule has 0 amide bonds. The number of thiol groups is 1. The maximum Gasteiger partial charge on any atom is 0.326 e. The summed E-state index contributed by atoms with van der Waals surface area (Å²) in [6, 6.07) is 6.07. The molecule has 0 radical (unpaired) electrons. The van der Waals surface area contributed by atoms with Crippen molar-refractivity contribution in [3.8, 4) is 0 Å². The number of piperidine rings is 1. The molecule has 2 heterocycles. The van der Waals surface area contributed by atoms with Gasteiger partial charge in [-0.15, -0.1) is 12.6 Å². The highest BCUT2D eigenvalue weighted by atomic mass is 32.1. The molecular formula is C12H16N3OPS. The molecule has 6 heteroatoms. The van der Waals surface area contributed by atoms with Crippen molar-refractivity contribution in [2.24, 2.45) is 0 Å². The minimum atomic E-state index is -0.00820. The Bertz CT molecular complexity index is 628. The van der Waals surface area contributed by atoms with Gasteiger partial charge in [0, 0.05) is 24.0 Å². The largest absolute Gasteiger partial charge is 0.326 e. The number of hydrogen-bond acceptors (Lipinski definition) is 3. The second-order valence-electron chi connectivity index (χ2n) is 4.77. The van der Waals surface area contributed by atoms with Crippen LogP contribution in [0.5, 0.6) is 0 Å². The summed E-state index contributed by atoms with van der Waals surface area (Å²) in [7, 11) is 2.73. The summed E-state index contributed by atoms with van der Waals surface area (Å²) in [6.07, 6.45) is 2.01. The Kier molecular flexibility index (Phi) is 3.22. The highest BCUT2D eigenvalue weighted by Crippen LogP contribution is 2.26. The Morgan fingerprint density at radius 2 is 2.06 bits per heavy atom. The SMILES string of the molecule is O=c1[nH]c2ccc(S)cc2n1C1CCN(P)CC1. The monoisotopic (exact) mass is 281 g/mol. The van der Waals surface area contributed by atoms with Crippen LogP contribution in [0.15, 0.2) is 27.9 Å². The predicted octanol–water partition coefficient (Wildman–Crippen LogP) is 2.05. The van der Waals surface area contributed by atoms with Gasteiger partial charge in [0.2, 0.25) is 0 Å². The van der Waals surface area contributed by atoms with Crippen molar-refractivity contribution >= 4 is 33.1 Å². The van der Waals surface area contributed by atoms with Gasteiger partial charge in [-0.25, -0.2) is 4.79 Å². The van der Waals surface area contributed by atoms with Crippen LogP contribution in [0.1, 0.15) is 18.9 Å². The quantitative estimate of drug-likeness (QED) is 0.620. The average molecular weight is 281 g/mol. The predicted molar refractivity (Wildman–Crippen MR) is 79.4 cm³/mol. The molecule has 1 aliphatic rings. The van der Waals surface area contributed by atoms with Crippen LogP contribution in [-0.2, 0) is 0 Å². The molecule has 0 bridgehead atoms. The van der Waals surface area contributed by atoms with Gasteiger partial charge < -0.3 is 4.98 Å². The summed E-state index contributed by atoms with van der Waals surface area (Å²) in [6.45, 7) is 2.02. The van der Waals surface area contributed by atoms with Crippen molar-refractivity contribution in [3.05, 3.63) is 28.7 Å². The van der Waals surface area contributed by atoms with E-state index >= 15 is 0 Å². The zero-order valence-electron chi connectivity index (χ0n) is 9.97. The van der Waals surface area contributed by atoms with Gasteiger partial charge in [-0.1, -0.05) is 9.39 Å². The molecule has 1 atom stereocenters. The van der Waals surface area contributed by atoms with Crippen LogP contribution in [0, 0.1) is 0 Å². The van der Waals surface area contributed by atoms with E-state index in [-0.39, 0.29) is 11.7 Å². The number of aromatic nitrogens is 2. The molecule has 0 saturated carbocycles. The molecule has 0 aliphatic carbocycles. The summed E-state index contributed by atoms with van der Waals surface area (Å²) < 4.78 is 4.12. The topological polar surface area (TPSA) is 41.0 Å². The minimum absolute atomic E-state index is 0.00820. The lowest BCUT2D eigenvalue weighted by Gasteiger charge is -2.29. The van der Waals surface area contributed by atoms with Crippen LogP contribution in [0.2, 0.25) is 0 Å². The standard InChI is InChI=1S/C12H16N3OPS/c16-12-13-10-2-1-9(18)7-11(10)15(12)8-3-5-14(17)6-4-8/h1-2,7-8,18H,3-6,17H2,(H,13,16). The van der Waals surface area contributed by atoms with Crippen molar-refractivity contribution in [2.75, 3.05) is 13.1 Å². The van der Waals surface area contributed by atoms with Gasteiger partial charge in [-0.05, 0) is 31.0 Å². The van der Waals surface area contributed by atoms with E-state index in [1.54, 1.807) is 0 Å². The molecule has 1 saturated heterocycles. The molecule has 1 fully saturated rings. The van der Waals surface area contributed by atoms with E-state index in [1.807, 2.05) is 22.8 Å². The van der Waals surface area contributed by atoms with Crippen molar-refractivity contribution in [1.82, 2.24) is 14.2 Å². The van der Waals surface area contributed by atoms with Gasteiger partial charge >= 0.3 is 5.69 Å². The van der Waals surface area contributed by atoms with Gasteiger partial charge in [0.05, 0.1) is 11.0 Å². The van der Waals surface area contributed by atoms with Crippen molar-refractivity contribution in [3.63, 3.8) is 0 Å². The molecular weight excluding hydrogens is 265 g/mol. The molecule has 1 N–H and O–H groups in total. The van der Waals surface area contributed by atoms with Crippen LogP contribution in [-0.4, -0.2) is 27.3 Å². The fraction of sp³-hybridized carbons (Fsp3) is 0.417. The Morgan fingerprint density at radius 3 is 2.78 bits per heavy atom. The number of nitrogens with one attached hydrogen (secondary N) is 1. The maximum atomic E-state index is 12.1. The molecule has 96 valence electrons. The lowest BCUT2D eigenvalue weighted by molar-refractivity contribution is 0.290. The Morgan fingerprint density at radius 1 is 1.33 bits per heavy atom. The number of H-pyrrole nitrogens is 1. The summed E-state index contributed by atoms with van der Waals surface area (Å²) in [5.41, 5.74) is 1.85. The summed E-state index contributed by atoms with van der Waals surface area (Å²) in [5.74, 6) is 0. The van der Waals surface area contributed by atoms with Crippen LogP contribution < -0.4 is 5.69 Å². The third-order valence-corrected chi connectivity index (χ3v) is 4.36. The van der Waals surface area contributed by atoms with E-state index in [0.717, 1.165) is 41.9 Å². The van der Waals surface area contributed by atoms with Gasteiger partial charge in [0.1, 0.15) is 0 Å². The highest BCUT2D eigenvalue weighted by molar-refractivity contribution is 7.80. The van der Waals surface area contributed by atoms with Gasteiger partial charge in [-0.2, -0.15) is 0 Å². The van der Waals surface area contributed by atoms with Crippen molar-refractivity contribution in [2.45, 2.75) is 23.8 Å². The third kappa shape index (κ3) is 2.11. The van der Waals surface area contributed by atoms with E-state index in [9.17, 15) is 4.79 Å².